The quantitative estimate of drug-likeness (QED) is 0.557. The number of rotatable bonds is 7. The lowest BCUT2D eigenvalue weighted by Gasteiger charge is -2.41. The van der Waals surface area contributed by atoms with Crippen LogP contribution in [0, 0.1) is 23.7 Å². The molecule has 4 unspecified atom stereocenters. The molecule has 0 saturated heterocycles. The first-order chi connectivity index (χ1) is 16.8. The Morgan fingerprint density at radius 3 is 2.20 bits per heavy atom. The maximum atomic E-state index is 13.0. The number of fused-ring (bicyclic) bond motifs is 4. The van der Waals surface area contributed by atoms with Gasteiger partial charge in [-0.3, -0.25) is 9.59 Å². The lowest BCUT2D eigenvalue weighted by molar-refractivity contribution is -0.141. The predicted molar refractivity (Wildman–Crippen MR) is 131 cm³/mol. The van der Waals surface area contributed by atoms with Gasteiger partial charge in [0, 0.05) is 12.0 Å². The molecule has 0 heterocycles. The fourth-order valence-electron chi connectivity index (χ4n) is 6.17. The molecule has 2 fully saturated rings. The Bertz CT molecular complexity index is 1100. The van der Waals surface area contributed by atoms with Crippen LogP contribution in [-0.4, -0.2) is 41.8 Å². The average molecular weight is 477 g/mol. The van der Waals surface area contributed by atoms with E-state index < -0.39 is 18.1 Å². The van der Waals surface area contributed by atoms with Gasteiger partial charge in [-0.15, -0.1) is 0 Å². The maximum Gasteiger partial charge on any atom is 0.407 e. The number of amides is 2. The molecule has 2 aromatic carbocycles. The molecule has 5 rings (SSSR count). The highest BCUT2D eigenvalue weighted by Gasteiger charge is 2.50. The van der Waals surface area contributed by atoms with Gasteiger partial charge < -0.3 is 20.5 Å². The average Bonchev–Trinajstić information content (AvgIpc) is 3.34. The first kappa shape index (κ1) is 23.4. The molecule has 2 amide bonds. The van der Waals surface area contributed by atoms with E-state index in [1.165, 1.54) is 0 Å². The van der Waals surface area contributed by atoms with E-state index in [9.17, 15) is 19.5 Å². The number of ether oxygens (including phenoxy) is 1. The Kier molecular flexibility index (Phi) is 6.26. The molecule has 5 atom stereocenters. The van der Waals surface area contributed by atoms with Crippen molar-refractivity contribution < 1.29 is 24.2 Å². The number of carboxylic acids is 1. The molecule has 0 spiro atoms. The number of carboxylic acid groups (broad SMARTS) is 1. The minimum Gasteiger partial charge on any atom is -0.481 e. The normalized spacial score (nSPS) is 25.1. The molecule has 3 N–H and O–H groups in total. The van der Waals surface area contributed by atoms with Gasteiger partial charge in [0.1, 0.15) is 12.6 Å². The number of benzene rings is 2. The lowest BCUT2D eigenvalue weighted by atomic mass is 9.71. The highest BCUT2D eigenvalue weighted by molar-refractivity contribution is 5.86. The molecule has 2 saturated carbocycles. The third-order valence-electron chi connectivity index (χ3n) is 8.07. The number of alkyl carbamates (subject to hydrolysis) is 1. The van der Waals surface area contributed by atoms with Crippen LogP contribution in [-0.2, 0) is 14.3 Å². The molecule has 3 aliphatic rings. The number of hydrogen-bond donors (Lipinski definition) is 3. The van der Waals surface area contributed by atoms with Gasteiger partial charge in [-0.05, 0) is 59.3 Å². The zero-order valence-corrected chi connectivity index (χ0v) is 20.1. The van der Waals surface area contributed by atoms with E-state index in [1.807, 2.05) is 38.1 Å². The van der Waals surface area contributed by atoms with Crippen LogP contribution in [0.25, 0.3) is 11.1 Å². The van der Waals surface area contributed by atoms with Crippen molar-refractivity contribution in [2.75, 3.05) is 6.61 Å². The molecular weight excluding hydrogens is 444 g/mol. The molecule has 35 heavy (non-hydrogen) atoms. The Hall–Kier alpha value is -3.35. The van der Waals surface area contributed by atoms with Gasteiger partial charge in [-0.2, -0.15) is 0 Å². The Balaban J connectivity index is 1.18. The van der Waals surface area contributed by atoms with Crippen LogP contribution in [0.1, 0.15) is 50.2 Å². The van der Waals surface area contributed by atoms with Gasteiger partial charge in [-0.1, -0.05) is 62.4 Å². The second-order valence-electron chi connectivity index (χ2n) is 10.5. The van der Waals surface area contributed by atoms with E-state index in [2.05, 4.69) is 34.9 Å². The zero-order chi connectivity index (χ0) is 24.7. The standard InChI is InChI=1S/C28H32N2O5/c1-15(2)25(26(31)29-24-13-16-11-17(27(32)33)12-22(16)24)30-28(34)35-14-23-20-9-5-3-7-18(20)19-8-4-6-10-21(19)23/h3-10,15-17,22-25H,11-14H2,1-2H3,(H,29,31)(H,30,34)(H,32,33)/t16?,17?,22?,24?,25-/m1/s1. The molecule has 0 aliphatic heterocycles. The fraction of sp³-hybridized carbons (Fsp3) is 0.464. The van der Waals surface area contributed by atoms with Gasteiger partial charge in [0.15, 0.2) is 0 Å². The minimum atomic E-state index is -0.749. The summed E-state index contributed by atoms with van der Waals surface area (Å²) in [7, 11) is 0. The van der Waals surface area contributed by atoms with Crippen molar-refractivity contribution in [3.8, 4) is 11.1 Å². The molecule has 7 nitrogen and oxygen atoms in total. The van der Waals surface area contributed by atoms with E-state index in [0.717, 1.165) is 28.7 Å². The van der Waals surface area contributed by atoms with Crippen LogP contribution >= 0.6 is 0 Å². The molecule has 0 aromatic heterocycles. The van der Waals surface area contributed by atoms with Gasteiger partial charge in [-0.25, -0.2) is 4.79 Å². The van der Waals surface area contributed by atoms with E-state index in [-0.39, 0.29) is 42.2 Å². The maximum absolute atomic E-state index is 13.0. The van der Waals surface area contributed by atoms with Crippen molar-refractivity contribution >= 4 is 18.0 Å². The molecular formula is C28H32N2O5. The van der Waals surface area contributed by atoms with Crippen LogP contribution < -0.4 is 10.6 Å². The van der Waals surface area contributed by atoms with Crippen molar-refractivity contribution in [2.24, 2.45) is 23.7 Å². The largest absolute Gasteiger partial charge is 0.481 e. The van der Waals surface area contributed by atoms with Crippen molar-refractivity contribution in [1.29, 1.82) is 0 Å². The third-order valence-corrected chi connectivity index (χ3v) is 8.07. The van der Waals surface area contributed by atoms with Gasteiger partial charge in [0.25, 0.3) is 0 Å². The second kappa shape index (κ2) is 9.36. The van der Waals surface area contributed by atoms with E-state index in [1.54, 1.807) is 0 Å². The van der Waals surface area contributed by atoms with Crippen LogP contribution in [0.3, 0.4) is 0 Å². The van der Waals surface area contributed by atoms with E-state index in [0.29, 0.717) is 18.8 Å². The van der Waals surface area contributed by atoms with Crippen molar-refractivity contribution in [3.63, 3.8) is 0 Å². The highest BCUT2D eigenvalue weighted by atomic mass is 16.5. The topological polar surface area (TPSA) is 105 Å². The zero-order valence-electron chi connectivity index (χ0n) is 20.1. The molecule has 2 aromatic rings. The van der Waals surface area contributed by atoms with Crippen LogP contribution in [0.4, 0.5) is 4.79 Å². The third kappa shape index (κ3) is 4.40. The van der Waals surface area contributed by atoms with Crippen LogP contribution in [0.5, 0.6) is 0 Å². The number of nitrogens with one attached hydrogen (secondary N) is 2. The van der Waals surface area contributed by atoms with Crippen molar-refractivity contribution in [1.82, 2.24) is 10.6 Å². The molecule has 184 valence electrons. The van der Waals surface area contributed by atoms with Gasteiger partial charge in [0.2, 0.25) is 5.91 Å². The Labute approximate surface area is 205 Å². The lowest BCUT2D eigenvalue weighted by Crippen LogP contribution is -2.57. The van der Waals surface area contributed by atoms with Crippen LogP contribution in [0.15, 0.2) is 48.5 Å². The summed E-state index contributed by atoms with van der Waals surface area (Å²) in [6.07, 6.45) is 1.49. The Morgan fingerprint density at radius 1 is 0.971 bits per heavy atom. The summed E-state index contributed by atoms with van der Waals surface area (Å²) in [4.78, 5) is 37.1. The summed E-state index contributed by atoms with van der Waals surface area (Å²) in [6, 6.07) is 15.6. The number of carbonyl (C=O) groups is 3. The highest BCUT2D eigenvalue weighted by Crippen LogP contribution is 2.50. The smallest absolute Gasteiger partial charge is 0.407 e. The second-order valence-corrected chi connectivity index (χ2v) is 10.5. The molecule has 0 bridgehead atoms. The number of hydrogen-bond acceptors (Lipinski definition) is 4. The monoisotopic (exact) mass is 476 g/mol. The van der Waals surface area contributed by atoms with Crippen molar-refractivity contribution in [2.45, 2.75) is 51.1 Å². The Morgan fingerprint density at radius 2 is 1.60 bits per heavy atom. The summed E-state index contributed by atoms with van der Waals surface area (Å²) in [6.45, 7) is 3.95. The first-order valence-electron chi connectivity index (χ1n) is 12.5. The fourth-order valence-corrected chi connectivity index (χ4v) is 6.17. The number of carbonyl (C=O) groups excluding carboxylic acids is 2. The summed E-state index contributed by atoms with van der Waals surface area (Å²) in [5, 5.41) is 15.1. The number of aliphatic carboxylic acids is 1. The van der Waals surface area contributed by atoms with Crippen LogP contribution in [0.2, 0.25) is 0 Å². The summed E-state index contributed by atoms with van der Waals surface area (Å²) < 4.78 is 5.63. The summed E-state index contributed by atoms with van der Waals surface area (Å²) >= 11 is 0. The summed E-state index contributed by atoms with van der Waals surface area (Å²) in [5.41, 5.74) is 4.59. The SMILES string of the molecule is CC(C)[C@@H](NC(=O)OCC1c2ccccc2-c2ccccc21)C(=O)NC1CC2CC(C(=O)O)CC21. The minimum absolute atomic E-state index is 0.0255. The summed E-state index contributed by atoms with van der Waals surface area (Å²) in [5.74, 6) is -0.891. The predicted octanol–water partition coefficient (Wildman–Crippen LogP) is 4.17. The molecule has 7 heteroatoms. The molecule has 3 aliphatic carbocycles. The van der Waals surface area contributed by atoms with E-state index in [4.69, 9.17) is 4.74 Å². The molecule has 0 radical (unpaired) electrons. The van der Waals surface area contributed by atoms with E-state index >= 15 is 0 Å². The van der Waals surface area contributed by atoms with Crippen molar-refractivity contribution in [3.05, 3.63) is 59.7 Å². The van der Waals surface area contributed by atoms with Gasteiger partial charge >= 0.3 is 12.1 Å². The first-order valence-corrected chi connectivity index (χ1v) is 12.5. The van der Waals surface area contributed by atoms with Gasteiger partial charge in [0.05, 0.1) is 5.92 Å².